The molecule has 0 atom stereocenters. The molecule has 0 amide bonds. The fourth-order valence-corrected chi connectivity index (χ4v) is 4.25. The Hall–Kier alpha value is -2.87. The molecule has 1 saturated heterocycles. The standard InChI is InChI=1S/C25H28F3NO4/c1-3-33-23(31)24(16-19-5-4-6-21(15-19)25(26,27)28)11-13-29(14-12-24)17-18-7-9-20(10-8-18)22(30)32-2/h4-10,15H,3,11-14,16-17H2,1-2H3. The van der Waals surface area contributed by atoms with Crippen molar-refractivity contribution in [2.24, 2.45) is 5.41 Å². The van der Waals surface area contributed by atoms with Gasteiger partial charge in [-0.1, -0.05) is 30.3 Å². The molecule has 8 heteroatoms. The summed E-state index contributed by atoms with van der Waals surface area (Å²) in [6, 6.07) is 12.3. The molecule has 2 aromatic rings. The molecule has 178 valence electrons. The molecule has 0 saturated carbocycles. The molecule has 0 aliphatic carbocycles. The summed E-state index contributed by atoms with van der Waals surface area (Å²) < 4.78 is 49.5. The minimum Gasteiger partial charge on any atom is -0.466 e. The van der Waals surface area contributed by atoms with Crippen molar-refractivity contribution in [2.45, 2.75) is 38.9 Å². The van der Waals surface area contributed by atoms with Gasteiger partial charge in [0.25, 0.3) is 0 Å². The van der Waals surface area contributed by atoms with Gasteiger partial charge in [-0.2, -0.15) is 13.2 Å². The lowest BCUT2D eigenvalue weighted by Crippen LogP contribution is -2.46. The maximum absolute atomic E-state index is 13.1. The third-order valence-electron chi connectivity index (χ3n) is 6.10. The second kappa shape index (κ2) is 10.4. The molecule has 0 spiro atoms. The van der Waals surface area contributed by atoms with E-state index in [1.54, 1.807) is 25.1 Å². The third-order valence-corrected chi connectivity index (χ3v) is 6.10. The fourth-order valence-electron chi connectivity index (χ4n) is 4.25. The number of nitrogens with zero attached hydrogens (tertiary/aromatic N) is 1. The lowest BCUT2D eigenvalue weighted by Gasteiger charge is -2.40. The number of rotatable bonds is 7. The Labute approximate surface area is 191 Å². The number of hydrogen-bond acceptors (Lipinski definition) is 5. The minimum absolute atomic E-state index is 0.206. The van der Waals surface area contributed by atoms with Crippen molar-refractivity contribution in [1.29, 1.82) is 0 Å². The number of methoxy groups -OCH3 is 1. The molecule has 2 aromatic carbocycles. The quantitative estimate of drug-likeness (QED) is 0.548. The Balaban J connectivity index is 1.71. The summed E-state index contributed by atoms with van der Waals surface area (Å²) in [4.78, 5) is 26.7. The van der Waals surface area contributed by atoms with Gasteiger partial charge in [-0.3, -0.25) is 9.69 Å². The summed E-state index contributed by atoms with van der Waals surface area (Å²) in [5.74, 6) is -0.752. The summed E-state index contributed by atoms with van der Waals surface area (Å²) in [6.45, 7) is 3.80. The first-order valence-electron chi connectivity index (χ1n) is 10.9. The van der Waals surface area contributed by atoms with Crippen molar-refractivity contribution in [3.63, 3.8) is 0 Å². The third kappa shape index (κ3) is 6.13. The van der Waals surface area contributed by atoms with Gasteiger partial charge in [-0.15, -0.1) is 0 Å². The largest absolute Gasteiger partial charge is 0.466 e. The summed E-state index contributed by atoms with van der Waals surface area (Å²) >= 11 is 0. The van der Waals surface area contributed by atoms with Crippen molar-refractivity contribution in [1.82, 2.24) is 4.90 Å². The number of benzene rings is 2. The van der Waals surface area contributed by atoms with Crippen molar-refractivity contribution in [2.75, 3.05) is 26.8 Å². The number of halogens is 3. The summed E-state index contributed by atoms with van der Waals surface area (Å²) in [7, 11) is 1.33. The van der Waals surface area contributed by atoms with E-state index in [1.165, 1.54) is 13.2 Å². The SMILES string of the molecule is CCOC(=O)C1(Cc2cccc(C(F)(F)F)c2)CCN(Cc2ccc(C(=O)OC)cc2)CC1. The highest BCUT2D eigenvalue weighted by molar-refractivity contribution is 5.89. The minimum atomic E-state index is -4.43. The van der Waals surface area contributed by atoms with Crippen LogP contribution in [0.4, 0.5) is 13.2 Å². The van der Waals surface area contributed by atoms with Gasteiger partial charge in [0.1, 0.15) is 0 Å². The van der Waals surface area contributed by atoms with Gasteiger partial charge >= 0.3 is 18.1 Å². The van der Waals surface area contributed by atoms with E-state index >= 15 is 0 Å². The Morgan fingerprint density at radius 2 is 1.70 bits per heavy atom. The Kier molecular flexibility index (Phi) is 7.79. The van der Waals surface area contributed by atoms with Gasteiger partial charge in [-0.05, 0) is 68.6 Å². The number of hydrogen-bond donors (Lipinski definition) is 0. The lowest BCUT2D eigenvalue weighted by atomic mass is 9.73. The second-order valence-electron chi connectivity index (χ2n) is 8.34. The number of carbonyl (C=O) groups is 2. The fraction of sp³-hybridized carbons (Fsp3) is 0.440. The van der Waals surface area contributed by atoms with Gasteiger partial charge in [-0.25, -0.2) is 4.79 Å². The topological polar surface area (TPSA) is 55.8 Å². The molecular formula is C25H28F3NO4. The molecule has 33 heavy (non-hydrogen) atoms. The van der Waals surface area contributed by atoms with Crippen molar-refractivity contribution in [3.05, 3.63) is 70.8 Å². The van der Waals surface area contributed by atoms with Crippen LogP contribution in [-0.2, 0) is 33.4 Å². The molecule has 0 bridgehead atoms. The highest BCUT2D eigenvalue weighted by atomic mass is 19.4. The first kappa shape index (κ1) is 24.8. The van der Waals surface area contributed by atoms with Crippen molar-refractivity contribution >= 4 is 11.9 Å². The maximum atomic E-state index is 13.1. The van der Waals surface area contributed by atoms with E-state index in [1.807, 2.05) is 12.1 Å². The van der Waals surface area contributed by atoms with Crippen molar-refractivity contribution in [3.8, 4) is 0 Å². The Morgan fingerprint density at radius 1 is 1.03 bits per heavy atom. The van der Waals surface area contributed by atoms with E-state index in [0.29, 0.717) is 43.6 Å². The smallest absolute Gasteiger partial charge is 0.416 e. The Bertz CT molecular complexity index is 964. The summed E-state index contributed by atoms with van der Waals surface area (Å²) in [6.07, 6.45) is -3.25. The van der Waals surface area contributed by atoms with Crippen LogP contribution in [-0.4, -0.2) is 43.6 Å². The lowest BCUT2D eigenvalue weighted by molar-refractivity contribution is -0.158. The van der Waals surface area contributed by atoms with Gasteiger partial charge in [0.05, 0.1) is 30.3 Å². The van der Waals surface area contributed by atoms with Crippen LogP contribution < -0.4 is 0 Å². The zero-order valence-electron chi connectivity index (χ0n) is 18.8. The van der Waals surface area contributed by atoms with Gasteiger partial charge < -0.3 is 9.47 Å². The molecule has 0 unspecified atom stereocenters. The van der Waals surface area contributed by atoms with E-state index in [4.69, 9.17) is 9.47 Å². The van der Waals surface area contributed by atoms with Crippen LogP contribution in [0.3, 0.4) is 0 Å². The summed E-state index contributed by atoms with van der Waals surface area (Å²) in [5.41, 5.74) is 0.397. The van der Waals surface area contributed by atoms with E-state index in [9.17, 15) is 22.8 Å². The van der Waals surface area contributed by atoms with Crippen LogP contribution in [0.2, 0.25) is 0 Å². The number of esters is 2. The van der Waals surface area contributed by atoms with Crippen LogP contribution in [0.1, 0.15) is 46.8 Å². The van der Waals surface area contributed by atoms with Gasteiger partial charge in [0.2, 0.25) is 0 Å². The van der Waals surface area contributed by atoms with E-state index in [0.717, 1.165) is 17.7 Å². The molecule has 1 aliphatic heterocycles. The van der Waals surface area contributed by atoms with Crippen molar-refractivity contribution < 1.29 is 32.2 Å². The highest BCUT2D eigenvalue weighted by Gasteiger charge is 2.43. The van der Waals surface area contributed by atoms with E-state index < -0.39 is 23.1 Å². The average molecular weight is 463 g/mol. The predicted molar refractivity (Wildman–Crippen MR) is 117 cm³/mol. The Morgan fingerprint density at radius 3 is 2.27 bits per heavy atom. The average Bonchev–Trinajstić information content (AvgIpc) is 2.80. The molecule has 0 aromatic heterocycles. The number of ether oxygens (including phenoxy) is 2. The molecule has 0 N–H and O–H groups in total. The molecule has 1 aliphatic rings. The highest BCUT2D eigenvalue weighted by Crippen LogP contribution is 2.38. The first-order valence-corrected chi connectivity index (χ1v) is 10.9. The number of carbonyl (C=O) groups excluding carboxylic acids is 2. The second-order valence-corrected chi connectivity index (χ2v) is 8.34. The molecule has 1 fully saturated rings. The van der Waals surface area contributed by atoms with Crippen LogP contribution in [0.5, 0.6) is 0 Å². The van der Waals surface area contributed by atoms with Crippen LogP contribution in [0.25, 0.3) is 0 Å². The first-order chi connectivity index (χ1) is 15.7. The normalized spacial score (nSPS) is 16.3. The zero-order chi connectivity index (χ0) is 24.1. The molecular weight excluding hydrogens is 435 g/mol. The predicted octanol–water partition coefficient (Wildman–Crippen LogP) is 4.88. The monoisotopic (exact) mass is 463 g/mol. The summed E-state index contributed by atoms with van der Waals surface area (Å²) in [5, 5.41) is 0. The van der Waals surface area contributed by atoms with Gasteiger partial charge in [0, 0.05) is 6.54 Å². The van der Waals surface area contributed by atoms with Crippen LogP contribution in [0, 0.1) is 5.41 Å². The zero-order valence-corrected chi connectivity index (χ0v) is 18.8. The molecule has 5 nitrogen and oxygen atoms in total. The number of alkyl halides is 3. The number of likely N-dealkylation sites (tertiary alicyclic amines) is 1. The van der Waals surface area contributed by atoms with Crippen LogP contribution >= 0.6 is 0 Å². The molecule has 1 heterocycles. The molecule has 3 rings (SSSR count). The van der Waals surface area contributed by atoms with Crippen LogP contribution in [0.15, 0.2) is 48.5 Å². The van der Waals surface area contributed by atoms with Gasteiger partial charge in [0.15, 0.2) is 0 Å². The maximum Gasteiger partial charge on any atom is 0.416 e. The van der Waals surface area contributed by atoms with E-state index in [2.05, 4.69) is 4.90 Å². The number of piperidine rings is 1. The molecule has 0 radical (unpaired) electrons. The van der Waals surface area contributed by atoms with E-state index in [-0.39, 0.29) is 19.0 Å².